The Hall–Kier alpha value is -0.413. The van der Waals surface area contributed by atoms with Crippen LogP contribution in [0.4, 0.5) is 0 Å². The van der Waals surface area contributed by atoms with Crippen LogP contribution in [-0.4, -0.2) is 5.49 Å². The molecule has 4 heteroatoms. The summed E-state index contributed by atoms with van der Waals surface area (Å²) in [6.45, 7) is 9.54. The molecule has 3 aliphatic rings. The van der Waals surface area contributed by atoms with Gasteiger partial charge in [0.15, 0.2) is 0 Å². The Kier molecular flexibility index (Phi) is 10.1. The zero-order chi connectivity index (χ0) is 22.2. The number of hydrogen-bond acceptors (Lipinski definition) is 0. The summed E-state index contributed by atoms with van der Waals surface area (Å²) >= 11 is -2.13. The Bertz CT molecular complexity index is 1060. The topological polar surface area (TPSA) is 0 Å². The van der Waals surface area contributed by atoms with Gasteiger partial charge in [-0.1, -0.05) is 0 Å². The molecule has 0 N–H and O–H groups in total. The molecule has 0 nitrogen and oxygen atoms in total. The van der Waals surface area contributed by atoms with Crippen molar-refractivity contribution in [2.75, 3.05) is 0 Å². The average molecular weight is 676 g/mol. The summed E-state index contributed by atoms with van der Waals surface area (Å²) in [6, 6.07) is 17.8. The van der Waals surface area contributed by atoms with E-state index >= 15 is 0 Å². The van der Waals surface area contributed by atoms with Crippen molar-refractivity contribution in [1.29, 1.82) is 0 Å². The fraction of sp³-hybridized carbons (Fsp3) is 0.467. The van der Waals surface area contributed by atoms with Crippen molar-refractivity contribution in [1.82, 2.24) is 0 Å². The SMILES string of the molecule is CCC1=Cc2c(CC)cccc2[CH]1[Hf+2]([CH]1C(CC)=Cc2c(CC)cccc21)=[Si]1CCCC1.[Cl-].[Cl-]. The van der Waals surface area contributed by atoms with E-state index in [2.05, 4.69) is 76.2 Å². The quantitative estimate of drug-likeness (QED) is 0.414. The van der Waals surface area contributed by atoms with Crippen LogP contribution in [0.15, 0.2) is 47.5 Å². The van der Waals surface area contributed by atoms with Gasteiger partial charge in [-0.3, -0.25) is 0 Å². The molecule has 1 saturated heterocycles. The molecule has 1 aliphatic heterocycles. The number of benzene rings is 2. The number of hydrogen-bond donors (Lipinski definition) is 0. The Morgan fingerprint density at radius 3 is 1.50 bits per heavy atom. The second kappa shape index (κ2) is 12.2. The Morgan fingerprint density at radius 1 is 0.676 bits per heavy atom. The van der Waals surface area contributed by atoms with Gasteiger partial charge in [-0.05, 0) is 0 Å². The molecule has 0 bridgehead atoms. The van der Waals surface area contributed by atoms with Gasteiger partial charge in [0.2, 0.25) is 0 Å². The van der Waals surface area contributed by atoms with Crippen LogP contribution >= 0.6 is 0 Å². The van der Waals surface area contributed by atoms with E-state index in [1.54, 1.807) is 45.5 Å². The molecular weight excluding hydrogens is 638 g/mol. The van der Waals surface area contributed by atoms with E-state index in [9.17, 15) is 0 Å². The fourth-order valence-corrected chi connectivity index (χ4v) is 44.4. The maximum Gasteiger partial charge on any atom is -1.00 e. The predicted molar refractivity (Wildman–Crippen MR) is 138 cm³/mol. The minimum atomic E-state index is -2.13. The summed E-state index contributed by atoms with van der Waals surface area (Å²) in [5.41, 5.74) is 13.3. The fourth-order valence-electron chi connectivity index (χ4n) is 6.69. The van der Waals surface area contributed by atoms with Gasteiger partial charge in [-0.2, -0.15) is 0 Å². The monoisotopic (exact) mass is 676 g/mol. The van der Waals surface area contributed by atoms with Crippen LogP contribution in [0.3, 0.4) is 0 Å². The largest absolute Gasteiger partial charge is 1.00 e. The molecule has 2 unspecified atom stereocenters. The molecule has 1 fully saturated rings. The van der Waals surface area contributed by atoms with Crippen LogP contribution in [0.5, 0.6) is 0 Å². The van der Waals surface area contributed by atoms with Gasteiger partial charge >= 0.3 is 204 Å². The first kappa shape index (κ1) is 28.2. The van der Waals surface area contributed by atoms with Crippen LogP contribution in [0, 0.1) is 0 Å². The molecule has 0 amide bonds. The van der Waals surface area contributed by atoms with E-state index < -0.39 is 20.1 Å². The van der Waals surface area contributed by atoms with Gasteiger partial charge < -0.3 is 24.8 Å². The van der Waals surface area contributed by atoms with E-state index in [1.807, 2.05) is 11.1 Å². The Morgan fingerprint density at radius 2 is 1.12 bits per heavy atom. The summed E-state index contributed by atoms with van der Waals surface area (Å²) in [5, 5.41) is 0. The van der Waals surface area contributed by atoms with E-state index in [4.69, 9.17) is 0 Å². The van der Waals surface area contributed by atoms with Crippen molar-refractivity contribution in [3.63, 3.8) is 0 Å². The first-order valence-corrected chi connectivity index (χ1v) is 24.5. The van der Waals surface area contributed by atoms with Crippen molar-refractivity contribution < 1.29 is 44.9 Å². The molecule has 2 aliphatic carbocycles. The molecule has 0 spiro atoms. The molecule has 0 saturated carbocycles. The van der Waals surface area contributed by atoms with Crippen LogP contribution in [0.1, 0.15) is 94.1 Å². The number of rotatable bonds is 6. The number of aryl methyl sites for hydroxylation is 2. The molecular formula is C30H38Cl2HfSi. The normalized spacial score (nSPS) is 19.9. The molecule has 34 heavy (non-hydrogen) atoms. The van der Waals surface area contributed by atoms with E-state index in [1.165, 1.54) is 25.7 Å². The minimum absolute atomic E-state index is 0. The van der Waals surface area contributed by atoms with E-state index in [0.29, 0.717) is 0 Å². The average Bonchev–Trinajstić information content (AvgIpc) is 3.57. The van der Waals surface area contributed by atoms with Crippen molar-refractivity contribution >= 4 is 17.6 Å². The summed E-state index contributed by atoms with van der Waals surface area (Å²) in [7, 11) is 0. The van der Waals surface area contributed by atoms with Gasteiger partial charge in [0.25, 0.3) is 0 Å². The van der Waals surface area contributed by atoms with Crippen molar-refractivity contribution in [2.24, 2.45) is 0 Å². The van der Waals surface area contributed by atoms with Gasteiger partial charge in [0, 0.05) is 0 Å². The second-order valence-electron chi connectivity index (χ2n) is 9.82. The van der Waals surface area contributed by atoms with Gasteiger partial charge in [0.1, 0.15) is 0 Å². The third kappa shape index (κ3) is 4.78. The maximum absolute atomic E-state index is 2.66. The van der Waals surface area contributed by atoms with Crippen LogP contribution in [0.25, 0.3) is 12.2 Å². The third-order valence-corrected chi connectivity index (χ3v) is 39.3. The van der Waals surface area contributed by atoms with Crippen molar-refractivity contribution in [2.45, 2.75) is 85.7 Å². The summed E-state index contributed by atoms with van der Waals surface area (Å²) in [4.78, 5) is 0. The predicted octanol–water partition coefficient (Wildman–Crippen LogP) is 2.62. The third-order valence-electron chi connectivity index (χ3n) is 8.30. The van der Waals surface area contributed by atoms with Crippen molar-refractivity contribution in [3.8, 4) is 0 Å². The van der Waals surface area contributed by atoms with E-state index in [-0.39, 0.29) is 30.3 Å². The number of fused-ring (bicyclic) bond motifs is 2. The van der Waals surface area contributed by atoms with Gasteiger partial charge in [-0.15, -0.1) is 0 Å². The molecule has 0 aromatic heterocycles. The molecule has 2 aromatic rings. The van der Waals surface area contributed by atoms with Crippen LogP contribution in [0.2, 0.25) is 12.1 Å². The molecule has 1 heterocycles. The second-order valence-corrected chi connectivity index (χ2v) is 31.8. The number of allylic oxidation sites excluding steroid dienone is 2. The molecule has 5 rings (SSSR count). The van der Waals surface area contributed by atoms with Crippen LogP contribution in [-0.2, 0) is 32.9 Å². The van der Waals surface area contributed by atoms with Crippen LogP contribution < -0.4 is 24.8 Å². The molecule has 2 aromatic carbocycles. The smallest absolute Gasteiger partial charge is 1.00 e. The zero-order valence-corrected chi connectivity index (χ0v) is 27.3. The Balaban J connectivity index is 0.00000162. The summed E-state index contributed by atoms with van der Waals surface area (Å²) in [6.07, 6.45) is 13.2. The summed E-state index contributed by atoms with van der Waals surface area (Å²) < 4.78 is 1.68. The standard InChI is InChI=1S/2C13H15.C4H8Si.2ClH.Hf/c2*1-3-10-8-12-7-5-6-11(4-2)13(12)9-10;1-2-4-5-3-1;;;/h2*5-9H,3-4H2,1-2H3;1-4H2;2*1H;/q;;;;;+2/p-2. The van der Waals surface area contributed by atoms with E-state index in [0.717, 1.165) is 20.2 Å². The Labute approximate surface area is 227 Å². The molecule has 180 valence electrons. The van der Waals surface area contributed by atoms with Gasteiger partial charge in [-0.25, -0.2) is 0 Å². The summed E-state index contributed by atoms with van der Waals surface area (Å²) in [5.74, 6) is 0. The molecule has 2 atom stereocenters. The first-order chi connectivity index (χ1) is 15.7. The number of halogens is 2. The first-order valence-electron chi connectivity index (χ1n) is 13.1. The van der Waals surface area contributed by atoms with Crippen molar-refractivity contribution in [3.05, 3.63) is 80.9 Å². The zero-order valence-electron chi connectivity index (χ0n) is 21.2. The van der Waals surface area contributed by atoms with Gasteiger partial charge in [0.05, 0.1) is 0 Å². The molecule has 0 radical (unpaired) electrons. The maximum atomic E-state index is 2.66. The minimum Gasteiger partial charge on any atom is -1.00 e.